The summed E-state index contributed by atoms with van der Waals surface area (Å²) >= 11 is 0. The van der Waals surface area contributed by atoms with E-state index in [1.165, 1.54) is 43.8 Å². The summed E-state index contributed by atoms with van der Waals surface area (Å²) in [5.41, 5.74) is 15.8. The van der Waals surface area contributed by atoms with E-state index in [9.17, 15) is 4.79 Å². The minimum absolute atomic E-state index is 0.277. The molecule has 9 rings (SSSR count). The Kier molecular flexibility index (Phi) is 9.26. The lowest BCUT2D eigenvalue weighted by atomic mass is 9.95. The van der Waals surface area contributed by atoms with Gasteiger partial charge in [-0.1, -0.05) is 66.6 Å². The summed E-state index contributed by atoms with van der Waals surface area (Å²) in [6.07, 6.45) is 9.80. The summed E-state index contributed by atoms with van der Waals surface area (Å²) in [4.78, 5) is 31.5. The molecule has 4 N–H and O–H groups in total. The van der Waals surface area contributed by atoms with Crippen LogP contribution in [0.1, 0.15) is 64.1 Å². The van der Waals surface area contributed by atoms with Crippen molar-refractivity contribution < 1.29 is 9.53 Å². The van der Waals surface area contributed by atoms with Crippen LogP contribution < -0.4 is 5.73 Å². The number of H-pyrrole nitrogens is 2. The summed E-state index contributed by atoms with van der Waals surface area (Å²) in [7, 11) is 0. The molecule has 284 valence electrons. The highest BCUT2D eigenvalue weighted by atomic mass is 16.6. The predicted molar refractivity (Wildman–Crippen MR) is 232 cm³/mol. The van der Waals surface area contributed by atoms with Gasteiger partial charge >= 0.3 is 6.09 Å². The summed E-state index contributed by atoms with van der Waals surface area (Å²) in [6.45, 7) is 6.30. The maximum Gasteiger partial charge on any atom is 0.411 e. The zero-order valence-corrected chi connectivity index (χ0v) is 32.6. The number of imidazole rings is 2. The van der Waals surface area contributed by atoms with Crippen LogP contribution in [0.5, 0.6) is 0 Å². The van der Waals surface area contributed by atoms with E-state index in [-0.39, 0.29) is 12.1 Å². The maximum absolute atomic E-state index is 13.2. The number of carbonyl (C=O) groups is 1. The second kappa shape index (κ2) is 14.6. The van der Waals surface area contributed by atoms with Crippen molar-refractivity contribution in [3.05, 3.63) is 121 Å². The van der Waals surface area contributed by atoms with Crippen molar-refractivity contribution in [1.82, 2.24) is 24.8 Å². The number of fused-ring (bicyclic) bond motifs is 4. The number of hydrogen-bond donors (Lipinski definition) is 3. The molecule has 8 nitrogen and oxygen atoms in total. The number of likely N-dealkylation sites (tertiary alicyclic amines) is 1. The number of terminal acetylenes is 1. The van der Waals surface area contributed by atoms with Crippen LogP contribution in [-0.4, -0.2) is 49.1 Å². The van der Waals surface area contributed by atoms with E-state index in [0.29, 0.717) is 13.0 Å². The molecule has 1 amide bonds. The molecule has 2 unspecified atom stereocenters. The molecule has 1 saturated heterocycles. The van der Waals surface area contributed by atoms with Crippen molar-refractivity contribution >= 4 is 49.7 Å². The number of benzene rings is 6. The summed E-state index contributed by atoms with van der Waals surface area (Å²) in [5.74, 6) is 4.52. The number of aryl methyl sites for hydroxylation is 1. The Morgan fingerprint density at radius 3 is 1.72 bits per heavy atom. The largest absolute Gasteiger partial charge is 0.444 e. The second-order valence-electron chi connectivity index (χ2n) is 16.2. The summed E-state index contributed by atoms with van der Waals surface area (Å²) in [5, 5.41) is 4.76. The quantitative estimate of drug-likeness (QED) is 0.106. The number of carbonyl (C=O) groups excluding carboxylic acids is 1. The zero-order chi connectivity index (χ0) is 39.3. The lowest BCUT2D eigenvalue weighted by Crippen LogP contribution is -2.40. The van der Waals surface area contributed by atoms with Crippen LogP contribution in [0.25, 0.3) is 77.0 Å². The van der Waals surface area contributed by atoms with Gasteiger partial charge in [0.15, 0.2) is 0 Å². The third-order valence-electron chi connectivity index (χ3n) is 11.1. The first-order chi connectivity index (χ1) is 27.6. The molecule has 2 aromatic heterocycles. The van der Waals surface area contributed by atoms with Crippen LogP contribution in [0.3, 0.4) is 0 Å². The van der Waals surface area contributed by atoms with Gasteiger partial charge in [-0.05, 0) is 156 Å². The smallest absolute Gasteiger partial charge is 0.411 e. The lowest BCUT2D eigenvalue weighted by Gasteiger charge is -2.30. The van der Waals surface area contributed by atoms with Crippen molar-refractivity contribution in [2.24, 2.45) is 5.73 Å². The van der Waals surface area contributed by atoms with Gasteiger partial charge in [-0.25, -0.2) is 14.8 Å². The molecule has 2 atom stereocenters. The fraction of sp³-hybridized carbons (Fsp3) is 0.245. The third kappa shape index (κ3) is 7.23. The number of unbranched alkanes of at least 4 members (excludes halogenated alkanes) is 1. The van der Waals surface area contributed by atoms with Gasteiger partial charge < -0.3 is 20.4 Å². The average molecular weight is 751 g/mol. The zero-order valence-electron chi connectivity index (χ0n) is 32.6. The van der Waals surface area contributed by atoms with Gasteiger partial charge in [0.05, 0.1) is 34.2 Å². The van der Waals surface area contributed by atoms with Gasteiger partial charge in [0, 0.05) is 6.42 Å². The van der Waals surface area contributed by atoms with Crippen LogP contribution in [-0.2, 0) is 11.2 Å². The first-order valence-corrected chi connectivity index (χ1v) is 19.9. The topological polar surface area (TPSA) is 113 Å². The molecule has 1 fully saturated rings. The second-order valence-corrected chi connectivity index (χ2v) is 16.2. The number of nitrogens with one attached hydrogen (secondary N) is 2. The van der Waals surface area contributed by atoms with Crippen molar-refractivity contribution in [3.63, 3.8) is 0 Å². The normalized spacial score (nSPS) is 15.9. The molecule has 1 aliphatic rings. The molecule has 57 heavy (non-hydrogen) atoms. The van der Waals surface area contributed by atoms with Crippen molar-refractivity contribution in [3.8, 4) is 45.7 Å². The number of aromatic nitrogens is 4. The fourth-order valence-electron chi connectivity index (χ4n) is 8.19. The highest BCUT2D eigenvalue weighted by Gasteiger charge is 2.40. The highest BCUT2D eigenvalue weighted by Crippen LogP contribution is 2.38. The summed E-state index contributed by atoms with van der Waals surface area (Å²) < 4.78 is 5.72. The Morgan fingerprint density at radius 2 is 1.21 bits per heavy atom. The van der Waals surface area contributed by atoms with E-state index < -0.39 is 11.7 Å². The fourth-order valence-corrected chi connectivity index (χ4v) is 8.19. The van der Waals surface area contributed by atoms with E-state index in [1.54, 1.807) is 4.90 Å². The van der Waals surface area contributed by atoms with E-state index in [0.717, 1.165) is 70.5 Å². The van der Waals surface area contributed by atoms with E-state index in [2.05, 4.69) is 119 Å². The molecule has 6 aromatic carbocycles. The molecule has 0 aliphatic carbocycles. The third-order valence-corrected chi connectivity index (χ3v) is 11.1. The highest BCUT2D eigenvalue weighted by molar-refractivity contribution is 5.95. The minimum Gasteiger partial charge on any atom is -0.444 e. The number of rotatable bonds is 8. The van der Waals surface area contributed by atoms with Gasteiger partial charge in [-0.3, -0.25) is 4.90 Å². The molecule has 0 radical (unpaired) electrons. The van der Waals surface area contributed by atoms with E-state index >= 15 is 0 Å². The minimum atomic E-state index is -0.621. The number of amides is 1. The average Bonchev–Trinajstić information content (AvgIpc) is 3.95. The van der Waals surface area contributed by atoms with Gasteiger partial charge in [0.25, 0.3) is 0 Å². The molecule has 0 saturated carbocycles. The van der Waals surface area contributed by atoms with Crippen LogP contribution in [0.15, 0.2) is 109 Å². The van der Waals surface area contributed by atoms with Gasteiger partial charge in [-0.15, -0.1) is 6.42 Å². The van der Waals surface area contributed by atoms with Gasteiger partial charge in [0.2, 0.25) is 0 Å². The van der Waals surface area contributed by atoms with Crippen LogP contribution in [0, 0.1) is 12.3 Å². The Labute approximate surface area is 332 Å². The molecular formula is C49H46N6O2. The van der Waals surface area contributed by atoms with Crippen molar-refractivity contribution in [1.29, 1.82) is 0 Å². The van der Waals surface area contributed by atoms with Gasteiger partial charge in [-0.2, -0.15) is 0 Å². The molecule has 8 aromatic rings. The van der Waals surface area contributed by atoms with Crippen molar-refractivity contribution in [2.45, 2.75) is 70.6 Å². The standard InChI is InChI=1S/C49H46N6O2/c1-5-40-19-22-45(55(40)48(56)57-49(2,3)4)47-53-42-21-18-39(29-44(42)54-47)37-16-14-33-25-31(10-12-35(33)27-37)30-9-11-34-26-36(15-13-32(34)24-30)38-17-20-41-43(28-38)52-46(51-41)8-6-7-23-50/h1,9-18,20-21,24-29,40,45H,6-8,19,22-23,50H2,2-4H3,(H,51,52)(H,53,54). The Hall–Kier alpha value is -6.43. The molecule has 8 heteroatoms. The number of hydrogen-bond acceptors (Lipinski definition) is 5. The van der Waals surface area contributed by atoms with E-state index in [1.807, 2.05) is 26.8 Å². The summed E-state index contributed by atoms with van der Waals surface area (Å²) in [6, 6.07) is 38.8. The van der Waals surface area contributed by atoms with Gasteiger partial charge in [0.1, 0.15) is 17.2 Å². The molecule has 1 aliphatic heterocycles. The Morgan fingerprint density at radius 1 is 0.719 bits per heavy atom. The Balaban J connectivity index is 0.935. The first kappa shape index (κ1) is 36.2. The number of nitrogens with two attached hydrogens (primary N) is 1. The van der Waals surface area contributed by atoms with Crippen LogP contribution in [0.4, 0.5) is 4.79 Å². The van der Waals surface area contributed by atoms with Crippen LogP contribution >= 0.6 is 0 Å². The van der Waals surface area contributed by atoms with Crippen LogP contribution in [0.2, 0.25) is 0 Å². The maximum atomic E-state index is 13.2. The monoisotopic (exact) mass is 750 g/mol. The van der Waals surface area contributed by atoms with Crippen molar-refractivity contribution in [2.75, 3.05) is 6.54 Å². The SMILES string of the molecule is C#CC1CCC(c2nc3ccc(-c4ccc5cc(-c6ccc7cc(-c8ccc9nc(CCCCN)[nH]c9c8)ccc7c6)ccc5c4)cc3[nH]2)N1C(=O)OC(C)(C)C. The predicted octanol–water partition coefficient (Wildman–Crippen LogP) is 11.1. The molecular weight excluding hydrogens is 705 g/mol. The lowest BCUT2D eigenvalue weighted by molar-refractivity contribution is 0.0178. The molecule has 0 bridgehead atoms. The number of aromatic amines is 2. The van der Waals surface area contributed by atoms with E-state index in [4.69, 9.17) is 26.9 Å². The first-order valence-electron chi connectivity index (χ1n) is 19.9. The number of ether oxygens (including phenoxy) is 1. The molecule has 3 heterocycles. The Bertz CT molecular complexity index is 2850. The number of nitrogens with zero attached hydrogens (tertiary/aromatic N) is 3. The molecule has 0 spiro atoms.